The van der Waals surface area contributed by atoms with Gasteiger partial charge in [-0.15, -0.1) is 0 Å². The summed E-state index contributed by atoms with van der Waals surface area (Å²) in [6.07, 6.45) is 0. The van der Waals surface area contributed by atoms with Crippen LogP contribution in [-0.4, -0.2) is 11.1 Å². The van der Waals surface area contributed by atoms with E-state index >= 15 is 0 Å². The SMILES string of the molecule is Cc1noc(C)c1C(=O)Nc1ccccc1Sc1ccccc1. The first kappa shape index (κ1) is 15.4. The molecule has 2 aromatic carbocycles. The van der Waals surface area contributed by atoms with E-state index < -0.39 is 0 Å². The second-order valence-electron chi connectivity index (χ2n) is 5.06. The number of hydrogen-bond acceptors (Lipinski definition) is 4. The average Bonchev–Trinajstić information content (AvgIpc) is 2.89. The Bertz CT molecular complexity index is 809. The topological polar surface area (TPSA) is 55.1 Å². The summed E-state index contributed by atoms with van der Waals surface area (Å²) < 4.78 is 5.06. The molecule has 23 heavy (non-hydrogen) atoms. The van der Waals surface area contributed by atoms with Gasteiger partial charge in [-0.2, -0.15) is 0 Å². The van der Waals surface area contributed by atoms with Gasteiger partial charge in [0.1, 0.15) is 11.3 Å². The number of anilines is 1. The molecule has 0 saturated carbocycles. The summed E-state index contributed by atoms with van der Waals surface area (Å²) in [6, 6.07) is 17.8. The van der Waals surface area contributed by atoms with Gasteiger partial charge in [0.05, 0.1) is 11.4 Å². The van der Waals surface area contributed by atoms with Crippen molar-refractivity contribution in [1.82, 2.24) is 5.16 Å². The maximum Gasteiger partial charge on any atom is 0.261 e. The maximum absolute atomic E-state index is 12.5. The number of carbonyl (C=O) groups is 1. The van der Waals surface area contributed by atoms with E-state index in [1.165, 1.54) is 0 Å². The third-order valence-corrected chi connectivity index (χ3v) is 4.45. The van der Waals surface area contributed by atoms with Crippen LogP contribution in [0.25, 0.3) is 0 Å². The molecule has 0 radical (unpaired) electrons. The first-order valence-corrected chi connectivity index (χ1v) is 8.03. The van der Waals surface area contributed by atoms with Crippen LogP contribution < -0.4 is 5.32 Å². The van der Waals surface area contributed by atoms with Crippen LogP contribution >= 0.6 is 11.8 Å². The van der Waals surface area contributed by atoms with Crippen molar-refractivity contribution in [3.63, 3.8) is 0 Å². The van der Waals surface area contributed by atoms with Crippen molar-refractivity contribution < 1.29 is 9.32 Å². The van der Waals surface area contributed by atoms with Gasteiger partial charge in [0.25, 0.3) is 5.91 Å². The second-order valence-corrected chi connectivity index (χ2v) is 6.18. The molecule has 5 heteroatoms. The van der Waals surface area contributed by atoms with E-state index in [1.807, 2.05) is 54.6 Å². The van der Waals surface area contributed by atoms with Crippen molar-refractivity contribution in [3.8, 4) is 0 Å². The molecule has 0 atom stereocenters. The number of nitrogens with zero attached hydrogens (tertiary/aromatic N) is 1. The molecule has 4 nitrogen and oxygen atoms in total. The zero-order valence-corrected chi connectivity index (χ0v) is 13.7. The third-order valence-electron chi connectivity index (χ3n) is 3.37. The van der Waals surface area contributed by atoms with Crippen molar-refractivity contribution in [3.05, 3.63) is 71.6 Å². The smallest absolute Gasteiger partial charge is 0.261 e. The zero-order valence-electron chi connectivity index (χ0n) is 12.9. The fourth-order valence-electron chi connectivity index (χ4n) is 2.27. The molecule has 0 saturated heterocycles. The van der Waals surface area contributed by atoms with Crippen LogP contribution in [0.3, 0.4) is 0 Å². The predicted octanol–water partition coefficient (Wildman–Crippen LogP) is 4.69. The van der Waals surface area contributed by atoms with Crippen molar-refractivity contribution in [1.29, 1.82) is 0 Å². The quantitative estimate of drug-likeness (QED) is 0.756. The van der Waals surface area contributed by atoms with Gasteiger partial charge in [0.15, 0.2) is 0 Å². The predicted molar refractivity (Wildman–Crippen MR) is 90.9 cm³/mol. The lowest BCUT2D eigenvalue weighted by Crippen LogP contribution is -2.14. The lowest BCUT2D eigenvalue weighted by Gasteiger charge is -2.10. The van der Waals surface area contributed by atoms with Crippen molar-refractivity contribution >= 4 is 23.4 Å². The number of nitrogens with one attached hydrogen (secondary N) is 1. The Kier molecular flexibility index (Phi) is 4.48. The summed E-state index contributed by atoms with van der Waals surface area (Å²) in [5, 5.41) is 6.78. The molecule has 1 amide bonds. The molecular weight excluding hydrogens is 308 g/mol. The Labute approximate surface area is 138 Å². The van der Waals surface area contributed by atoms with Crippen LogP contribution in [0, 0.1) is 13.8 Å². The van der Waals surface area contributed by atoms with E-state index in [-0.39, 0.29) is 5.91 Å². The van der Waals surface area contributed by atoms with Crippen LogP contribution in [0.1, 0.15) is 21.8 Å². The number of aromatic nitrogens is 1. The summed E-state index contributed by atoms with van der Waals surface area (Å²) in [4.78, 5) is 14.6. The van der Waals surface area contributed by atoms with Gasteiger partial charge in [-0.3, -0.25) is 4.79 Å². The minimum absolute atomic E-state index is 0.206. The van der Waals surface area contributed by atoms with E-state index in [2.05, 4.69) is 10.5 Å². The molecule has 116 valence electrons. The van der Waals surface area contributed by atoms with Crippen LogP contribution in [0.5, 0.6) is 0 Å². The normalized spacial score (nSPS) is 10.5. The lowest BCUT2D eigenvalue weighted by molar-refractivity contribution is 0.102. The van der Waals surface area contributed by atoms with Gasteiger partial charge in [-0.1, -0.05) is 47.3 Å². The molecule has 1 heterocycles. The molecule has 0 bridgehead atoms. The molecule has 0 aliphatic carbocycles. The molecule has 0 fully saturated rings. The summed E-state index contributed by atoms with van der Waals surface area (Å²) in [5.41, 5.74) is 1.85. The number of benzene rings is 2. The Morgan fingerprint density at radius 1 is 1.04 bits per heavy atom. The molecule has 0 aliphatic heterocycles. The Hall–Kier alpha value is -2.53. The Morgan fingerprint density at radius 3 is 2.43 bits per heavy atom. The monoisotopic (exact) mass is 324 g/mol. The van der Waals surface area contributed by atoms with Gasteiger partial charge >= 0.3 is 0 Å². The van der Waals surface area contributed by atoms with Crippen LogP contribution in [0.4, 0.5) is 5.69 Å². The van der Waals surface area contributed by atoms with Crippen molar-refractivity contribution in [2.75, 3.05) is 5.32 Å². The van der Waals surface area contributed by atoms with E-state index in [1.54, 1.807) is 25.6 Å². The van der Waals surface area contributed by atoms with Gasteiger partial charge in [0, 0.05) is 9.79 Å². The van der Waals surface area contributed by atoms with Crippen LogP contribution in [-0.2, 0) is 0 Å². The number of carbonyl (C=O) groups excluding carboxylic acids is 1. The minimum atomic E-state index is -0.206. The molecule has 1 aromatic heterocycles. The third kappa shape index (κ3) is 3.46. The first-order valence-electron chi connectivity index (χ1n) is 7.21. The highest BCUT2D eigenvalue weighted by Gasteiger charge is 2.18. The zero-order chi connectivity index (χ0) is 16.2. The molecule has 0 spiro atoms. The largest absolute Gasteiger partial charge is 0.361 e. The van der Waals surface area contributed by atoms with Gasteiger partial charge < -0.3 is 9.84 Å². The lowest BCUT2D eigenvalue weighted by atomic mass is 10.2. The molecule has 3 rings (SSSR count). The Balaban J connectivity index is 1.85. The summed E-state index contributed by atoms with van der Waals surface area (Å²) in [6.45, 7) is 3.50. The van der Waals surface area contributed by atoms with Crippen molar-refractivity contribution in [2.24, 2.45) is 0 Å². The maximum atomic E-state index is 12.5. The fraction of sp³-hybridized carbons (Fsp3) is 0.111. The number of amides is 1. The van der Waals surface area contributed by atoms with Crippen LogP contribution in [0.2, 0.25) is 0 Å². The average molecular weight is 324 g/mol. The number of rotatable bonds is 4. The number of hydrogen-bond donors (Lipinski definition) is 1. The summed E-state index contributed by atoms with van der Waals surface area (Å²) >= 11 is 1.61. The molecule has 0 unspecified atom stereocenters. The molecule has 1 N–H and O–H groups in total. The molecule has 3 aromatic rings. The number of aryl methyl sites for hydroxylation is 2. The highest BCUT2D eigenvalue weighted by Crippen LogP contribution is 2.33. The molecule has 0 aliphatic rings. The minimum Gasteiger partial charge on any atom is -0.361 e. The summed E-state index contributed by atoms with van der Waals surface area (Å²) in [7, 11) is 0. The number of para-hydroxylation sites is 1. The second kappa shape index (κ2) is 6.71. The van der Waals surface area contributed by atoms with Gasteiger partial charge in [-0.05, 0) is 38.1 Å². The van der Waals surface area contributed by atoms with E-state index in [0.29, 0.717) is 17.0 Å². The standard InChI is InChI=1S/C18H16N2O2S/c1-12-17(13(2)22-20-12)18(21)19-15-10-6-7-11-16(15)23-14-8-4-3-5-9-14/h3-11H,1-2H3,(H,19,21). The molecular formula is C18H16N2O2S. The van der Waals surface area contributed by atoms with E-state index in [4.69, 9.17) is 4.52 Å². The first-order chi connectivity index (χ1) is 11.1. The highest BCUT2D eigenvalue weighted by atomic mass is 32.2. The Morgan fingerprint density at radius 2 is 1.74 bits per heavy atom. The van der Waals surface area contributed by atoms with Gasteiger partial charge in [0.2, 0.25) is 0 Å². The van der Waals surface area contributed by atoms with Crippen molar-refractivity contribution in [2.45, 2.75) is 23.6 Å². The fourth-order valence-corrected chi connectivity index (χ4v) is 3.19. The highest BCUT2D eigenvalue weighted by molar-refractivity contribution is 7.99. The summed E-state index contributed by atoms with van der Waals surface area (Å²) in [5.74, 6) is 0.315. The van der Waals surface area contributed by atoms with Gasteiger partial charge in [-0.25, -0.2) is 0 Å². The van der Waals surface area contributed by atoms with E-state index in [9.17, 15) is 4.79 Å². The van der Waals surface area contributed by atoms with E-state index in [0.717, 1.165) is 15.5 Å². The van der Waals surface area contributed by atoms with Crippen LogP contribution in [0.15, 0.2) is 68.9 Å².